The molecule has 0 saturated heterocycles. The Hall–Kier alpha value is -1.20. The summed E-state index contributed by atoms with van der Waals surface area (Å²) in [5.41, 5.74) is 3.45. The number of rotatable bonds is 6. The molecule has 2 aromatic rings. The maximum absolute atomic E-state index is 4.45. The van der Waals surface area contributed by atoms with Crippen molar-refractivity contribution in [1.82, 2.24) is 20.1 Å². The highest BCUT2D eigenvalue weighted by Crippen LogP contribution is 2.07. The molecule has 0 amide bonds. The van der Waals surface area contributed by atoms with Gasteiger partial charge in [0.1, 0.15) is 5.01 Å². The molecule has 2 rings (SSSR count). The molecule has 0 atom stereocenters. The van der Waals surface area contributed by atoms with E-state index in [9.17, 15) is 0 Å². The highest BCUT2D eigenvalue weighted by molar-refractivity contribution is 7.09. The van der Waals surface area contributed by atoms with E-state index in [4.69, 9.17) is 0 Å². The first-order valence-electron chi connectivity index (χ1n) is 6.28. The zero-order chi connectivity index (χ0) is 13.0. The number of thiazole rings is 1. The van der Waals surface area contributed by atoms with Crippen LogP contribution in [0.4, 0.5) is 0 Å². The lowest BCUT2D eigenvalue weighted by atomic mass is 10.4. The lowest BCUT2D eigenvalue weighted by Crippen LogP contribution is -2.17. The highest BCUT2D eigenvalue weighted by atomic mass is 32.1. The van der Waals surface area contributed by atoms with Crippen molar-refractivity contribution < 1.29 is 0 Å². The van der Waals surface area contributed by atoms with Crippen LogP contribution in [0.5, 0.6) is 0 Å². The third kappa shape index (κ3) is 3.65. The second-order valence-corrected chi connectivity index (χ2v) is 5.51. The Balaban J connectivity index is 1.66. The van der Waals surface area contributed by atoms with Crippen LogP contribution in [0, 0.1) is 20.8 Å². The smallest absolute Gasteiger partial charge is 0.107 e. The molecule has 0 radical (unpaired) electrons. The maximum atomic E-state index is 4.45. The van der Waals surface area contributed by atoms with E-state index in [0.717, 1.165) is 37.4 Å². The molecule has 0 fully saturated rings. The average Bonchev–Trinajstić information content (AvgIpc) is 2.85. The number of hydrogen-bond donors (Lipinski definition) is 1. The summed E-state index contributed by atoms with van der Waals surface area (Å²) in [4.78, 5) is 4.42. The summed E-state index contributed by atoms with van der Waals surface area (Å²) in [6, 6.07) is 2.12. The summed E-state index contributed by atoms with van der Waals surface area (Å²) >= 11 is 1.72. The summed E-state index contributed by atoms with van der Waals surface area (Å²) in [6.45, 7) is 9.01. The summed E-state index contributed by atoms with van der Waals surface area (Å²) in [5.74, 6) is 0. The standard InChI is InChI=1S/C13H20N4S/c1-10-7-12(3)17(16-10)6-4-5-14-8-13-15-11(2)9-18-13/h7,9,14H,4-6,8H2,1-3H3. The van der Waals surface area contributed by atoms with Crippen molar-refractivity contribution in [3.63, 3.8) is 0 Å². The van der Waals surface area contributed by atoms with Gasteiger partial charge in [0.2, 0.25) is 0 Å². The minimum Gasteiger partial charge on any atom is -0.310 e. The van der Waals surface area contributed by atoms with Crippen LogP contribution in [0.1, 0.15) is 28.5 Å². The average molecular weight is 264 g/mol. The summed E-state index contributed by atoms with van der Waals surface area (Å²) in [5, 5.41) is 11.1. The Labute approximate surface area is 112 Å². The van der Waals surface area contributed by atoms with Crippen molar-refractivity contribution in [2.75, 3.05) is 6.54 Å². The SMILES string of the molecule is Cc1csc(CNCCCn2nc(C)cc2C)n1. The van der Waals surface area contributed by atoms with E-state index in [1.807, 2.05) is 13.8 Å². The van der Waals surface area contributed by atoms with E-state index in [1.54, 1.807) is 11.3 Å². The van der Waals surface area contributed by atoms with Crippen LogP contribution in [0.25, 0.3) is 0 Å². The van der Waals surface area contributed by atoms with Crippen LogP contribution in [0.2, 0.25) is 0 Å². The van der Waals surface area contributed by atoms with E-state index in [0.29, 0.717) is 0 Å². The van der Waals surface area contributed by atoms with Crippen molar-refractivity contribution in [3.8, 4) is 0 Å². The Bertz CT molecular complexity index is 501. The molecule has 0 aliphatic carbocycles. The molecule has 18 heavy (non-hydrogen) atoms. The van der Waals surface area contributed by atoms with Gasteiger partial charge in [-0.2, -0.15) is 5.10 Å². The highest BCUT2D eigenvalue weighted by Gasteiger charge is 2.01. The molecule has 0 aromatic carbocycles. The van der Waals surface area contributed by atoms with Crippen LogP contribution < -0.4 is 5.32 Å². The molecule has 4 nitrogen and oxygen atoms in total. The van der Waals surface area contributed by atoms with Crippen LogP contribution in [-0.2, 0) is 13.1 Å². The maximum Gasteiger partial charge on any atom is 0.107 e. The van der Waals surface area contributed by atoms with Crippen LogP contribution in [0.15, 0.2) is 11.4 Å². The zero-order valence-electron chi connectivity index (χ0n) is 11.2. The second-order valence-electron chi connectivity index (χ2n) is 4.56. The third-order valence-electron chi connectivity index (χ3n) is 2.77. The summed E-state index contributed by atoms with van der Waals surface area (Å²) in [6.07, 6.45) is 1.09. The van der Waals surface area contributed by atoms with Gasteiger partial charge >= 0.3 is 0 Å². The van der Waals surface area contributed by atoms with Crippen molar-refractivity contribution in [2.45, 2.75) is 40.3 Å². The van der Waals surface area contributed by atoms with Crippen LogP contribution >= 0.6 is 11.3 Å². The molecule has 1 N–H and O–H groups in total. The first-order chi connectivity index (χ1) is 8.65. The molecule has 98 valence electrons. The van der Waals surface area contributed by atoms with Gasteiger partial charge in [0, 0.05) is 29.9 Å². The fourth-order valence-corrected chi connectivity index (χ4v) is 2.68. The van der Waals surface area contributed by atoms with E-state index in [2.05, 4.69) is 38.5 Å². The minimum absolute atomic E-state index is 0.871. The molecule has 0 aliphatic rings. The van der Waals surface area contributed by atoms with Gasteiger partial charge in [-0.25, -0.2) is 4.98 Å². The van der Waals surface area contributed by atoms with Crippen molar-refractivity contribution in [1.29, 1.82) is 0 Å². The molecule has 0 unspecified atom stereocenters. The monoisotopic (exact) mass is 264 g/mol. The first kappa shape index (κ1) is 13.2. The van der Waals surface area contributed by atoms with Gasteiger partial charge in [0.15, 0.2) is 0 Å². The molecular weight excluding hydrogens is 244 g/mol. The Morgan fingerprint density at radius 3 is 2.72 bits per heavy atom. The number of aromatic nitrogens is 3. The largest absolute Gasteiger partial charge is 0.310 e. The molecule has 0 saturated carbocycles. The van der Waals surface area contributed by atoms with Gasteiger partial charge in [-0.15, -0.1) is 11.3 Å². The van der Waals surface area contributed by atoms with Gasteiger partial charge in [-0.3, -0.25) is 4.68 Å². The molecular formula is C13H20N4S. The number of hydrogen-bond acceptors (Lipinski definition) is 4. The lowest BCUT2D eigenvalue weighted by Gasteiger charge is -2.05. The predicted octanol–water partition coefficient (Wildman–Crippen LogP) is 2.44. The number of nitrogens with zero attached hydrogens (tertiary/aromatic N) is 3. The Morgan fingerprint density at radius 2 is 2.11 bits per heavy atom. The molecule has 0 bridgehead atoms. The summed E-state index contributed by atoms with van der Waals surface area (Å²) in [7, 11) is 0. The molecule has 0 spiro atoms. The zero-order valence-corrected chi connectivity index (χ0v) is 12.0. The van der Waals surface area contributed by atoms with E-state index in [1.165, 1.54) is 10.7 Å². The normalized spacial score (nSPS) is 11.1. The minimum atomic E-state index is 0.871. The van der Waals surface area contributed by atoms with Crippen LogP contribution in [-0.4, -0.2) is 21.3 Å². The predicted molar refractivity (Wildman–Crippen MR) is 74.9 cm³/mol. The lowest BCUT2D eigenvalue weighted by molar-refractivity contribution is 0.531. The number of nitrogens with one attached hydrogen (secondary N) is 1. The van der Waals surface area contributed by atoms with Gasteiger partial charge in [0.05, 0.1) is 5.69 Å². The van der Waals surface area contributed by atoms with Gasteiger partial charge in [0.25, 0.3) is 0 Å². The topological polar surface area (TPSA) is 42.7 Å². The molecule has 0 aliphatic heterocycles. The van der Waals surface area contributed by atoms with Crippen molar-refractivity contribution in [3.05, 3.63) is 33.5 Å². The van der Waals surface area contributed by atoms with Gasteiger partial charge in [-0.1, -0.05) is 0 Å². The van der Waals surface area contributed by atoms with Crippen LogP contribution in [0.3, 0.4) is 0 Å². The Kier molecular flexibility index (Phi) is 4.49. The van der Waals surface area contributed by atoms with E-state index in [-0.39, 0.29) is 0 Å². The quantitative estimate of drug-likeness (QED) is 0.815. The van der Waals surface area contributed by atoms with Gasteiger partial charge < -0.3 is 5.32 Å². The second kappa shape index (κ2) is 6.11. The summed E-state index contributed by atoms with van der Waals surface area (Å²) < 4.78 is 2.07. The number of aryl methyl sites for hydroxylation is 4. The molecule has 5 heteroatoms. The fourth-order valence-electron chi connectivity index (χ4n) is 1.93. The third-order valence-corrected chi connectivity index (χ3v) is 3.74. The molecule has 2 heterocycles. The van der Waals surface area contributed by atoms with Crippen molar-refractivity contribution in [2.24, 2.45) is 0 Å². The van der Waals surface area contributed by atoms with Gasteiger partial charge in [-0.05, 0) is 39.8 Å². The van der Waals surface area contributed by atoms with E-state index < -0.39 is 0 Å². The first-order valence-corrected chi connectivity index (χ1v) is 7.16. The van der Waals surface area contributed by atoms with E-state index >= 15 is 0 Å². The fraction of sp³-hybridized carbons (Fsp3) is 0.538. The van der Waals surface area contributed by atoms with Crippen molar-refractivity contribution >= 4 is 11.3 Å². The Morgan fingerprint density at radius 1 is 1.28 bits per heavy atom. The molecule has 2 aromatic heterocycles.